The summed E-state index contributed by atoms with van der Waals surface area (Å²) in [6, 6.07) is 9.78. The summed E-state index contributed by atoms with van der Waals surface area (Å²) in [6.45, 7) is 2.67. The van der Waals surface area contributed by atoms with Gasteiger partial charge in [-0.05, 0) is 47.6 Å². The van der Waals surface area contributed by atoms with Crippen LogP contribution in [0.15, 0.2) is 40.2 Å². The molecule has 0 aliphatic heterocycles. The molecule has 0 radical (unpaired) electrons. The second kappa shape index (κ2) is 7.67. The van der Waals surface area contributed by atoms with E-state index < -0.39 is 0 Å². The SMILES string of the molecule is CN(CCCOc1ccccc1N)Cc1cc(Br)cs1. The summed E-state index contributed by atoms with van der Waals surface area (Å²) in [5.41, 5.74) is 6.53. The van der Waals surface area contributed by atoms with Gasteiger partial charge in [0.05, 0.1) is 12.3 Å². The first kappa shape index (κ1) is 15.4. The molecule has 0 spiro atoms. The van der Waals surface area contributed by atoms with E-state index in [9.17, 15) is 0 Å². The van der Waals surface area contributed by atoms with Crippen molar-refractivity contribution in [2.45, 2.75) is 13.0 Å². The van der Waals surface area contributed by atoms with Gasteiger partial charge in [-0.1, -0.05) is 12.1 Å². The van der Waals surface area contributed by atoms with Crippen molar-refractivity contribution >= 4 is 33.0 Å². The van der Waals surface area contributed by atoms with Crippen LogP contribution in [0.1, 0.15) is 11.3 Å². The summed E-state index contributed by atoms with van der Waals surface area (Å²) < 4.78 is 6.85. The molecule has 0 amide bonds. The molecule has 0 aliphatic carbocycles. The minimum atomic E-state index is 0.687. The summed E-state index contributed by atoms with van der Waals surface area (Å²) >= 11 is 5.26. The highest BCUT2D eigenvalue weighted by Crippen LogP contribution is 2.21. The molecule has 1 heterocycles. The van der Waals surface area contributed by atoms with Gasteiger partial charge in [0.25, 0.3) is 0 Å². The van der Waals surface area contributed by atoms with Crippen LogP contribution in [0.3, 0.4) is 0 Å². The predicted molar refractivity (Wildman–Crippen MR) is 89.3 cm³/mol. The summed E-state index contributed by atoms with van der Waals surface area (Å²) in [6.07, 6.45) is 0.984. The fourth-order valence-electron chi connectivity index (χ4n) is 1.91. The largest absolute Gasteiger partial charge is 0.491 e. The van der Waals surface area contributed by atoms with Crippen LogP contribution >= 0.6 is 27.3 Å². The number of ether oxygens (including phenoxy) is 1. The average Bonchev–Trinajstić information content (AvgIpc) is 2.82. The summed E-state index contributed by atoms with van der Waals surface area (Å²) in [5, 5.41) is 2.12. The van der Waals surface area contributed by atoms with Gasteiger partial charge in [-0.3, -0.25) is 0 Å². The third kappa shape index (κ3) is 4.81. The first-order chi connectivity index (χ1) is 9.65. The minimum absolute atomic E-state index is 0.687. The number of hydrogen-bond acceptors (Lipinski definition) is 4. The molecule has 0 unspecified atom stereocenters. The van der Waals surface area contributed by atoms with Gasteiger partial charge in [0.15, 0.2) is 0 Å². The number of benzene rings is 1. The van der Waals surface area contributed by atoms with Gasteiger partial charge in [0.2, 0.25) is 0 Å². The Morgan fingerprint density at radius 2 is 2.15 bits per heavy atom. The first-order valence-electron chi connectivity index (χ1n) is 6.54. The Morgan fingerprint density at radius 3 is 2.85 bits per heavy atom. The van der Waals surface area contributed by atoms with Crippen LogP contribution in [0.2, 0.25) is 0 Å². The van der Waals surface area contributed by atoms with Crippen LogP contribution in [0.4, 0.5) is 5.69 Å². The Labute approximate surface area is 132 Å². The van der Waals surface area contributed by atoms with Crippen LogP contribution in [0.5, 0.6) is 5.75 Å². The van der Waals surface area contributed by atoms with Gasteiger partial charge in [-0.2, -0.15) is 0 Å². The summed E-state index contributed by atoms with van der Waals surface area (Å²) in [7, 11) is 2.13. The Kier molecular flexibility index (Phi) is 5.88. The molecule has 5 heteroatoms. The van der Waals surface area contributed by atoms with Crippen molar-refractivity contribution in [3.63, 3.8) is 0 Å². The zero-order valence-electron chi connectivity index (χ0n) is 11.5. The molecular formula is C15H19BrN2OS. The lowest BCUT2D eigenvalue weighted by atomic mass is 10.3. The molecule has 2 N–H and O–H groups in total. The standard InChI is InChI=1S/C15H19BrN2OS/c1-18(10-13-9-12(16)11-20-13)7-4-8-19-15-6-3-2-5-14(15)17/h2-3,5-6,9,11H,4,7-8,10,17H2,1H3. The van der Waals surface area contributed by atoms with Crippen molar-refractivity contribution in [3.8, 4) is 5.75 Å². The van der Waals surface area contributed by atoms with E-state index in [1.807, 2.05) is 24.3 Å². The number of nitrogens with two attached hydrogens (primary N) is 1. The lowest BCUT2D eigenvalue weighted by Crippen LogP contribution is -2.20. The topological polar surface area (TPSA) is 38.5 Å². The molecule has 1 aromatic heterocycles. The highest BCUT2D eigenvalue weighted by molar-refractivity contribution is 9.10. The smallest absolute Gasteiger partial charge is 0.142 e. The molecular weight excluding hydrogens is 336 g/mol. The second-order valence-electron chi connectivity index (χ2n) is 4.71. The lowest BCUT2D eigenvalue weighted by molar-refractivity contribution is 0.260. The summed E-state index contributed by atoms with van der Waals surface area (Å²) in [5.74, 6) is 0.775. The van der Waals surface area contributed by atoms with E-state index in [4.69, 9.17) is 10.5 Å². The highest BCUT2D eigenvalue weighted by atomic mass is 79.9. The quantitative estimate of drug-likeness (QED) is 0.603. The number of para-hydroxylation sites is 2. The molecule has 0 saturated heterocycles. The van der Waals surface area contributed by atoms with Gasteiger partial charge in [-0.15, -0.1) is 11.3 Å². The number of hydrogen-bond donors (Lipinski definition) is 1. The first-order valence-corrected chi connectivity index (χ1v) is 8.21. The maximum atomic E-state index is 5.83. The molecule has 0 saturated carbocycles. The van der Waals surface area contributed by atoms with E-state index in [2.05, 4.69) is 39.3 Å². The third-order valence-electron chi connectivity index (χ3n) is 2.91. The number of anilines is 1. The fourth-order valence-corrected chi connectivity index (χ4v) is 3.44. The molecule has 0 atom stereocenters. The number of halogens is 1. The molecule has 1 aromatic carbocycles. The number of nitrogen functional groups attached to an aromatic ring is 1. The van der Waals surface area contributed by atoms with E-state index in [0.29, 0.717) is 12.3 Å². The zero-order valence-corrected chi connectivity index (χ0v) is 13.9. The zero-order chi connectivity index (χ0) is 14.4. The number of rotatable bonds is 7. The normalized spacial score (nSPS) is 10.9. The molecule has 20 heavy (non-hydrogen) atoms. The van der Waals surface area contributed by atoms with Crippen molar-refractivity contribution in [1.82, 2.24) is 4.90 Å². The Bertz CT molecular complexity index is 544. The monoisotopic (exact) mass is 354 g/mol. The van der Waals surface area contributed by atoms with E-state index in [1.54, 1.807) is 11.3 Å². The van der Waals surface area contributed by atoms with Crippen molar-refractivity contribution in [3.05, 3.63) is 45.1 Å². The maximum absolute atomic E-state index is 5.83. The second-order valence-corrected chi connectivity index (χ2v) is 6.62. The van der Waals surface area contributed by atoms with Gasteiger partial charge in [0, 0.05) is 27.8 Å². The lowest BCUT2D eigenvalue weighted by Gasteiger charge is -2.16. The molecule has 0 fully saturated rings. The highest BCUT2D eigenvalue weighted by Gasteiger charge is 2.03. The van der Waals surface area contributed by atoms with Crippen molar-refractivity contribution in [1.29, 1.82) is 0 Å². The van der Waals surface area contributed by atoms with Gasteiger partial charge < -0.3 is 15.4 Å². The number of thiophene rings is 1. The molecule has 108 valence electrons. The average molecular weight is 355 g/mol. The predicted octanol–water partition coefficient (Wildman–Crippen LogP) is 3.99. The Hall–Kier alpha value is -1.04. The minimum Gasteiger partial charge on any atom is -0.491 e. The van der Waals surface area contributed by atoms with Crippen LogP contribution < -0.4 is 10.5 Å². The van der Waals surface area contributed by atoms with Gasteiger partial charge in [0.1, 0.15) is 5.75 Å². The van der Waals surface area contributed by atoms with E-state index in [-0.39, 0.29) is 0 Å². The van der Waals surface area contributed by atoms with E-state index in [1.165, 1.54) is 4.88 Å². The van der Waals surface area contributed by atoms with E-state index in [0.717, 1.165) is 29.7 Å². The van der Waals surface area contributed by atoms with E-state index >= 15 is 0 Å². The maximum Gasteiger partial charge on any atom is 0.142 e. The van der Waals surface area contributed by atoms with Crippen molar-refractivity contribution in [2.24, 2.45) is 0 Å². The molecule has 0 aliphatic rings. The third-order valence-corrected chi connectivity index (χ3v) is 4.59. The number of nitrogens with zero attached hydrogens (tertiary/aromatic N) is 1. The van der Waals surface area contributed by atoms with Crippen LogP contribution in [-0.2, 0) is 6.54 Å². The molecule has 2 rings (SSSR count). The fraction of sp³-hybridized carbons (Fsp3) is 0.333. The molecule has 2 aromatic rings. The van der Waals surface area contributed by atoms with Crippen LogP contribution in [0, 0.1) is 0 Å². The van der Waals surface area contributed by atoms with Gasteiger partial charge in [-0.25, -0.2) is 0 Å². The van der Waals surface area contributed by atoms with Crippen molar-refractivity contribution in [2.75, 3.05) is 25.9 Å². The molecule has 3 nitrogen and oxygen atoms in total. The van der Waals surface area contributed by atoms with Gasteiger partial charge >= 0.3 is 0 Å². The molecule has 0 bridgehead atoms. The van der Waals surface area contributed by atoms with Crippen LogP contribution in [-0.4, -0.2) is 25.1 Å². The van der Waals surface area contributed by atoms with Crippen LogP contribution in [0.25, 0.3) is 0 Å². The Morgan fingerprint density at radius 1 is 1.35 bits per heavy atom. The summed E-state index contributed by atoms with van der Waals surface area (Å²) in [4.78, 5) is 3.67. The van der Waals surface area contributed by atoms with Crippen molar-refractivity contribution < 1.29 is 4.74 Å². The Balaban J connectivity index is 1.67.